The number of rotatable bonds is 2. The van der Waals surface area contributed by atoms with Crippen LogP contribution in [-0.4, -0.2) is 48.2 Å². The van der Waals surface area contributed by atoms with Crippen LogP contribution in [0.4, 0.5) is 0 Å². The normalized spacial score (nSPS) is 34.6. The van der Waals surface area contributed by atoms with Crippen LogP contribution in [0.2, 0.25) is 0 Å². The molecule has 0 aromatic rings. The van der Waals surface area contributed by atoms with Crippen molar-refractivity contribution in [2.75, 3.05) is 26.2 Å². The molecule has 0 aromatic carbocycles. The summed E-state index contributed by atoms with van der Waals surface area (Å²) in [6, 6.07) is 0.312. The molecule has 1 aliphatic heterocycles. The predicted octanol–water partition coefficient (Wildman–Crippen LogP) is 0.145. The molecule has 2 atom stereocenters. The third-order valence-electron chi connectivity index (χ3n) is 3.40. The van der Waals surface area contributed by atoms with E-state index in [9.17, 15) is 4.79 Å². The van der Waals surface area contributed by atoms with E-state index in [4.69, 9.17) is 5.11 Å². The van der Waals surface area contributed by atoms with E-state index in [1.165, 1.54) is 0 Å². The monoisotopic (exact) mass is 198 g/mol. The van der Waals surface area contributed by atoms with Crippen molar-refractivity contribution >= 4 is 5.97 Å². The maximum Gasteiger partial charge on any atom is 0.308 e. The minimum absolute atomic E-state index is 0.104. The molecule has 0 amide bonds. The topological polar surface area (TPSA) is 52.6 Å². The van der Waals surface area contributed by atoms with Crippen molar-refractivity contribution in [3.05, 3.63) is 0 Å². The molecular weight excluding hydrogens is 180 g/mol. The lowest BCUT2D eigenvalue weighted by Gasteiger charge is -2.41. The van der Waals surface area contributed by atoms with E-state index >= 15 is 0 Å². The highest BCUT2D eigenvalue weighted by molar-refractivity contribution is 5.72. The number of carbonyl (C=O) groups is 1. The van der Waals surface area contributed by atoms with Crippen LogP contribution in [0.15, 0.2) is 0 Å². The minimum atomic E-state index is -0.613. The molecule has 2 aliphatic rings. The fraction of sp³-hybridized carbons (Fsp3) is 0.900. The number of carboxylic acids is 1. The summed E-state index contributed by atoms with van der Waals surface area (Å²) < 4.78 is 0. The first kappa shape index (κ1) is 9.93. The van der Waals surface area contributed by atoms with E-state index in [0.29, 0.717) is 6.04 Å². The fourth-order valence-electron chi connectivity index (χ4n) is 2.41. The molecule has 0 bridgehead atoms. The summed E-state index contributed by atoms with van der Waals surface area (Å²) in [5, 5.41) is 12.3. The van der Waals surface area contributed by atoms with Crippen molar-refractivity contribution < 1.29 is 9.90 Å². The summed E-state index contributed by atoms with van der Waals surface area (Å²) in [5.74, 6) is -0.716. The second kappa shape index (κ2) is 4.28. The minimum Gasteiger partial charge on any atom is -0.481 e. The number of aliphatic carboxylic acids is 1. The molecule has 0 radical (unpaired) electrons. The third-order valence-corrected chi connectivity index (χ3v) is 3.40. The first-order valence-corrected chi connectivity index (χ1v) is 5.46. The van der Waals surface area contributed by atoms with Gasteiger partial charge in [0.25, 0.3) is 0 Å². The van der Waals surface area contributed by atoms with Crippen LogP contribution in [0, 0.1) is 5.92 Å². The fourth-order valence-corrected chi connectivity index (χ4v) is 2.41. The quantitative estimate of drug-likeness (QED) is 0.663. The second-order valence-corrected chi connectivity index (χ2v) is 4.23. The summed E-state index contributed by atoms with van der Waals surface area (Å²) in [6.45, 7) is 4.14. The summed E-state index contributed by atoms with van der Waals surface area (Å²) in [4.78, 5) is 13.2. The molecule has 1 aliphatic carbocycles. The Morgan fingerprint density at radius 2 is 2.14 bits per heavy atom. The lowest BCUT2D eigenvalue weighted by molar-refractivity contribution is -0.148. The zero-order valence-electron chi connectivity index (χ0n) is 8.41. The standard InChI is InChI=1S/C10H18N2O2/c13-10(14)8-2-3-9(8)12-6-1-4-11-5-7-12/h8-9,11H,1-7H2,(H,13,14). The molecule has 80 valence electrons. The lowest BCUT2D eigenvalue weighted by Crippen LogP contribution is -2.51. The Labute approximate surface area is 84.3 Å². The van der Waals surface area contributed by atoms with Crippen LogP contribution < -0.4 is 5.32 Å². The molecule has 0 spiro atoms. The predicted molar refractivity (Wildman–Crippen MR) is 53.2 cm³/mol. The highest BCUT2D eigenvalue weighted by atomic mass is 16.4. The van der Waals surface area contributed by atoms with Gasteiger partial charge in [-0.15, -0.1) is 0 Å². The van der Waals surface area contributed by atoms with E-state index in [1.807, 2.05) is 0 Å². The van der Waals surface area contributed by atoms with Crippen LogP contribution in [0.5, 0.6) is 0 Å². The van der Waals surface area contributed by atoms with Gasteiger partial charge in [-0.3, -0.25) is 9.69 Å². The van der Waals surface area contributed by atoms with Gasteiger partial charge in [0.15, 0.2) is 0 Å². The molecule has 2 fully saturated rings. The van der Waals surface area contributed by atoms with Crippen LogP contribution in [0.3, 0.4) is 0 Å². The number of hydrogen-bond acceptors (Lipinski definition) is 3. The Hall–Kier alpha value is -0.610. The zero-order chi connectivity index (χ0) is 9.97. The third kappa shape index (κ3) is 1.91. The molecule has 1 saturated carbocycles. The number of nitrogens with one attached hydrogen (secondary N) is 1. The number of hydrogen-bond donors (Lipinski definition) is 2. The zero-order valence-corrected chi connectivity index (χ0v) is 8.41. The van der Waals surface area contributed by atoms with E-state index < -0.39 is 5.97 Å². The van der Waals surface area contributed by atoms with Gasteiger partial charge >= 0.3 is 5.97 Å². The van der Waals surface area contributed by atoms with Crippen molar-refractivity contribution in [1.29, 1.82) is 0 Å². The van der Waals surface area contributed by atoms with Crippen LogP contribution in [0.25, 0.3) is 0 Å². The average molecular weight is 198 g/mol. The van der Waals surface area contributed by atoms with E-state index in [2.05, 4.69) is 10.2 Å². The Bertz CT molecular complexity index is 212. The number of carboxylic acid groups (broad SMARTS) is 1. The Balaban J connectivity index is 1.90. The van der Waals surface area contributed by atoms with Crippen molar-refractivity contribution in [1.82, 2.24) is 10.2 Å². The molecule has 1 heterocycles. The Morgan fingerprint density at radius 1 is 1.29 bits per heavy atom. The Kier molecular flexibility index (Phi) is 3.03. The van der Waals surface area contributed by atoms with Gasteiger partial charge in [0.05, 0.1) is 5.92 Å². The maximum atomic E-state index is 10.9. The largest absolute Gasteiger partial charge is 0.481 e. The van der Waals surface area contributed by atoms with Gasteiger partial charge in [-0.05, 0) is 32.4 Å². The highest BCUT2D eigenvalue weighted by Gasteiger charge is 2.40. The van der Waals surface area contributed by atoms with Crippen molar-refractivity contribution in [2.45, 2.75) is 25.3 Å². The van der Waals surface area contributed by atoms with Gasteiger partial charge in [0, 0.05) is 19.1 Å². The van der Waals surface area contributed by atoms with Crippen LogP contribution >= 0.6 is 0 Å². The lowest BCUT2D eigenvalue weighted by atomic mass is 9.78. The molecule has 2 rings (SSSR count). The molecule has 0 aromatic heterocycles. The summed E-state index contributed by atoms with van der Waals surface area (Å²) >= 11 is 0. The van der Waals surface area contributed by atoms with E-state index in [1.54, 1.807) is 0 Å². The molecule has 4 heteroatoms. The molecule has 2 N–H and O–H groups in total. The second-order valence-electron chi connectivity index (χ2n) is 4.23. The van der Waals surface area contributed by atoms with E-state index in [-0.39, 0.29) is 5.92 Å². The first-order valence-electron chi connectivity index (χ1n) is 5.46. The van der Waals surface area contributed by atoms with Crippen molar-refractivity contribution in [2.24, 2.45) is 5.92 Å². The van der Waals surface area contributed by atoms with Gasteiger partial charge in [0.2, 0.25) is 0 Å². The van der Waals surface area contributed by atoms with E-state index in [0.717, 1.165) is 45.4 Å². The Morgan fingerprint density at radius 3 is 2.79 bits per heavy atom. The SMILES string of the molecule is O=C(O)C1CCC1N1CCCNCC1. The molecule has 14 heavy (non-hydrogen) atoms. The van der Waals surface area contributed by atoms with Crippen molar-refractivity contribution in [3.8, 4) is 0 Å². The summed E-state index contributed by atoms with van der Waals surface area (Å²) in [5.41, 5.74) is 0. The van der Waals surface area contributed by atoms with Gasteiger partial charge in [0.1, 0.15) is 0 Å². The van der Waals surface area contributed by atoms with Gasteiger partial charge in [-0.2, -0.15) is 0 Å². The summed E-state index contributed by atoms with van der Waals surface area (Å²) in [6.07, 6.45) is 3.07. The highest BCUT2D eigenvalue weighted by Crippen LogP contribution is 2.32. The maximum absolute atomic E-state index is 10.9. The van der Waals surface area contributed by atoms with Gasteiger partial charge in [-0.1, -0.05) is 0 Å². The van der Waals surface area contributed by atoms with Gasteiger partial charge < -0.3 is 10.4 Å². The molecule has 2 unspecified atom stereocenters. The van der Waals surface area contributed by atoms with Gasteiger partial charge in [-0.25, -0.2) is 0 Å². The first-order chi connectivity index (χ1) is 6.79. The molecule has 4 nitrogen and oxygen atoms in total. The number of nitrogens with zero attached hydrogens (tertiary/aromatic N) is 1. The smallest absolute Gasteiger partial charge is 0.308 e. The average Bonchev–Trinajstić information content (AvgIpc) is 2.29. The summed E-state index contributed by atoms with van der Waals surface area (Å²) in [7, 11) is 0. The molecule has 1 saturated heterocycles. The van der Waals surface area contributed by atoms with Crippen LogP contribution in [-0.2, 0) is 4.79 Å². The van der Waals surface area contributed by atoms with Crippen LogP contribution in [0.1, 0.15) is 19.3 Å². The van der Waals surface area contributed by atoms with Crippen molar-refractivity contribution in [3.63, 3.8) is 0 Å². The molecular formula is C10H18N2O2.